The first-order valence-corrected chi connectivity index (χ1v) is 8.07. The first kappa shape index (κ1) is 17.7. The van der Waals surface area contributed by atoms with Crippen molar-refractivity contribution >= 4 is 28.8 Å². The molecule has 136 valence electrons. The third-order valence-corrected chi connectivity index (χ3v) is 4.12. The van der Waals surface area contributed by atoms with Gasteiger partial charge in [-0.2, -0.15) is 0 Å². The minimum Gasteiger partial charge on any atom is -0.497 e. The van der Waals surface area contributed by atoms with Crippen LogP contribution in [0.1, 0.15) is 24.8 Å². The average molecular weight is 359 g/mol. The Labute approximate surface area is 148 Å². The fourth-order valence-electron chi connectivity index (χ4n) is 2.76. The number of methoxy groups -OCH3 is 1. The molecule has 2 aromatic rings. The van der Waals surface area contributed by atoms with Crippen molar-refractivity contribution in [2.45, 2.75) is 25.9 Å². The highest BCUT2D eigenvalue weighted by molar-refractivity contribution is 6.02. The molecule has 0 radical (unpaired) electrons. The van der Waals surface area contributed by atoms with Gasteiger partial charge in [0.1, 0.15) is 17.9 Å². The van der Waals surface area contributed by atoms with Crippen molar-refractivity contribution in [3.8, 4) is 5.75 Å². The van der Waals surface area contributed by atoms with Crippen LogP contribution in [0, 0.1) is 0 Å². The van der Waals surface area contributed by atoms with E-state index in [0.29, 0.717) is 22.3 Å². The lowest BCUT2D eigenvalue weighted by atomic mass is 10.1. The molecule has 0 aliphatic carbocycles. The molecule has 8 heteroatoms. The third kappa shape index (κ3) is 3.74. The molecule has 2 heterocycles. The van der Waals surface area contributed by atoms with Gasteiger partial charge in [-0.3, -0.25) is 19.3 Å². The number of rotatable bonds is 6. The van der Waals surface area contributed by atoms with Crippen molar-refractivity contribution in [3.63, 3.8) is 0 Å². The molecule has 1 aliphatic heterocycles. The lowest BCUT2D eigenvalue weighted by Crippen LogP contribution is -2.31. The van der Waals surface area contributed by atoms with E-state index >= 15 is 0 Å². The summed E-state index contributed by atoms with van der Waals surface area (Å²) in [5.41, 5.74) is 0.266. The molecule has 1 aliphatic rings. The lowest BCUT2D eigenvalue weighted by Gasteiger charge is -2.13. The van der Waals surface area contributed by atoms with E-state index < -0.39 is 11.6 Å². The zero-order valence-electron chi connectivity index (χ0n) is 14.1. The number of nitrogens with zero attached hydrogens (tertiary/aromatic N) is 1. The maximum atomic E-state index is 11.9. The normalized spacial score (nSPS) is 14.1. The predicted octanol–water partition coefficient (Wildman–Crippen LogP) is 1.38. The number of fused-ring (bicyclic) bond motifs is 1. The summed E-state index contributed by atoms with van der Waals surface area (Å²) in [6.45, 7) is -0.111. The Kier molecular flexibility index (Phi) is 5.01. The van der Waals surface area contributed by atoms with Crippen LogP contribution in [-0.4, -0.2) is 36.3 Å². The number of carbonyl (C=O) groups is 3. The number of likely N-dealkylation sites (tertiary alicyclic amines) is 1. The summed E-state index contributed by atoms with van der Waals surface area (Å²) >= 11 is 0. The zero-order valence-corrected chi connectivity index (χ0v) is 14.1. The van der Waals surface area contributed by atoms with E-state index in [1.165, 1.54) is 13.2 Å². The van der Waals surface area contributed by atoms with Crippen LogP contribution in [0.3, 0.4) is 0 Å². The molecule has 1 fully saturated rings. The van der Waals surface area contributed by atoms with Gasteiger partial charge in [-0.15, -0.1) is 0 Å². The molecule has 26 heavy (non-hydrogen) atoms. The number of imide groups is 1. The van der Waals surface area contributed by atoms with E-state index in [9.17, 15) is 19.2 Å². The lowest BCUT2D eigenvalue weighted by molar-refractivity contribution is -0.146. The fourth-order valence-corrected chi connectivity index (χ4v) is 2.76. The topological polar surface area (TPSA) is 103 Å². The number of benzene rings is 1. The van der Waals surface area contributed by atoms with Crippen molar-refractivity contribution in [1.29, 1.82) is 0 Å². The van der Waals surface area contributed by atoms with Gasteiger partial charge >= 0.3 is 11.6 Å². The molecule has 1 aromatic carbocycles. The van der Waals surface area contributed by atoms with Crippen LogP contribution < -0.4 is 10.4 Å². The van der Waals surface area contributed by atoms with Gasteiger partial charge in [0, 0.05) is 42.5 Å². The molecule has 0 N–H and O–H groups in total. The Hall–Kier alpha value is -3.16. The van der Waals surface area contributed by atoms with Gasteiger partial charge in [0.15, 0.2) is 0 Å². The summed E-state index contributed by atoms with van der Waals surface area (Å²) < 4.78 is 15.4. The second-order valence-corrected chi connectivity index (χ2v) is 5.80. The number of hydrogen-bond acceptors (Lipinski definition) is 7. The van der Waals surface area contributed by atoms with E-state index in [1.54, 1.807) is 18.2 Å². The Morgan fingerprint density at radius 1 is 1.15 bits per heavy atom. The minimum absolute atomic E-state index is 0.00533. The molecular weight excluding hydrogens is 342 g/mol. The SMILES string of the molecule is COc1ccc2c(COC(=O)CCN3C(=O)CCC3=O)cc(=O)oc2c1. The fraction of sp³-hybridized carbons (Fsp3) is 0.333. The van der Waals surface area contributed by atoms with Crippen LogP contribution in [0.5, 0.6) is 5.75 Å². The van der Waals surface area contributed by atoms with Crippen molar-refractivity contribution in [2.24, 2.45) is 0 Å². The molecular formula is C18H17NO7. The Morgan fingerprint density at radius 3 is 2.58 bits per heavy atom. The molecule has 1 saturated heterocycles. The van der Waals surface area contributed by atoms with Gasteiger partial charge in [-0.1, -0.05) is 0 Å². The molecule has 0 atom stereocenters. The van der Waals surface area contributed by atoms with Crippen LogP contribution in [0.25, 0.3) is 11.0 Å². The summed E-state index contributed by atoms with van der Waals surface area (Å²) in [6.07, 6.45) is 0.275. The van der Waals surface area contributed by atoms with Gasteiger partial charge in [0.25, 0.3) is 0 Å². The summed E-state index contributed by atoms with van der Waals surface area (Å²) in [6, 6.07) is 6.25. The summed E-state index contributed by atoms with van der Waals surface area (Å²) in [4.78, 5) is 47.7. The van der Waals surface area contributed by atoms with Crippen LogP contribution >= 0.6 is 0 Å². The van der Waals surface area contributed by atoms with E-state index in [2.05, 4.69) is 0 Å². The monoisotopic (exact) mass is 359 g/mol. The smallest absolute Gasteiger partial charge is 0.336 e. The molecule has 2 amide bonds. The standard InChI is InChI=1S/C18H17NO7/c1-24-12-2-3-13-11(8-18(23)26-14(13)9-12)10-25-17(22)6-7-19-15(20)4-5-16(19)21/h2-3,8-9H,4-7,10H2,1H3. The van der Waals surface area contributed by atoms with Gasteiger partial charge in [-0.05, 0) is 12.1 Å². The van der Waals surface area contributed by atoms with Gasteiger partial charge in [-0.25, -0.2) is 4.79 Å². The molecule has 0 spiro atoms. The number of amides is 2. The second kappa shape index (κ2) is 7.38. The van der Waals surface area contributed by atoms with Crippen molar-refractivity contribution in [3.05, 3.63) is 40.2 Å². The maximum absolute atomic E-state index is 11.9. The first-order valence-electron chi connectivity index (χ1n) is 8.07. The molecule has 0 bridgehead atoms. The average Bonchev–Trinajstić information content (AvgIpc) is 2.95. The summed E-state index contributed by atoms with van der Waals surface area (Å²) in [5.74, 6) is -0.575. The van der Waals surface area contributed by atoms with Crippen LogP contribution in [0.4, 0.5) is 0 Å². The van der Waals surface area contributed by atoms with Crippen molar-refractivity contribution < 1.29 is 28.3 Å². The number of esters is 1. The third-order valence-electron chi connectivity index (χ3n) is 4.12. The van der Waals surface area contributed by atoms with Gasteiger partial charge in [0.05, 0.1) is 13.5 Å². The highest BCUT2D eigenvalue weighted by Crippen LogP contribution is 2.23. The first-order chi connectivity index (χ1) is 12.5. The molecule has 8 nitrogen and oxygen atoms in total. The Bertz CT molecular complexity index is 915. The van der Waals surface area contributed by atoms with Crippen molar-refractivity contribution in [2.75, 3.05) is 13.7 Å². The van der Waals surface area contributed by atoms with Crippen LogP contribution in [0.2, 0.25) is 0 Å². The van der Waals surface area contributed by atoms with Crippen molar-refractivity contribution in [1.82, 2.24) is 4.90 Å². The Balaban J connectivity index is 1.65. The highest BCUT2D eigenvalue weighted by atomic mass is 16.5. The number of hydrogen-bond donors (Lipinski definition) is 0. The van der Waals surface area contributed by atoms with E-state index in [4.69, 9.17) is 13.9 Å². The molecule has 3 rings (SSSR count). The van der Waals surface area contributed by atoms with Gasteiger partial charge in [0.2, 0.25) is 11.8 Å². The van der Waals surface area contributed by atoms with E-state index in [-0.39, 0.29) is 44.2 Å². The summed E-state index contributed by atoms with van der Waals surface area (Å²) in [7, 11) is 1.50. The van der Waals surface area contributed by atoms with E-state index in [0.717, 1.165) is 4.90 Å². The molecule has 0 unspecified atom stereocenters. The van der Waals surface area contributed by atoms with Crippen LogP contribution in [-0.2, 0) is 25.7 Å². The second-order valence-electron chi connectivity index (χ2n) is 5.80. The van der Waals surface area contributed by atoms with Crippen LogP contribution in [0.15, 0.2) is 33.5 Å². The minimum atomic E-state index is -0.565. The number of carbonyl (C=O) groups excluding carboxylic acids is 3. The maximum Gasteiger partial charge on any atom is 0.336 e. The predicted molar refractivity (Wildman–Crippen MR) is 89.4 cm³/mol. The molecule has 0 saturated carbocycles. The Morgan fingerprint density at radius 2 is 1.88 bits per heavy atom. The number of ether oxygens (including phenoxy) is 2. The molecule has 1 aromatic heterocycles. The quantitative estimate of drug-likeness (QED) is 0.436. The highest BCUT2D eigenvalue weighted by Gasteiger charge is 2.29. The van der Waals surface area contributed by atoms with Gasteiger partial charge < -0.3 is 13.9 Å². The van der Waals surface area contributed by atoms with E-state index in [1.807, 2.05) is 0 Å². The largest absolute Gasteiger partial charge is 0.497 e. The summed E-state index contributed by atoms with van der Waals surface area (Å²) in [5, 5.41) is 0.628. The zero-order chi connectivity index (χ0) is 18.7.